The summed E-state index contributed by atoms with van der Waals surface area (Å²) in [6, 6.07) is 18.1. The smallest absolute Gasteiger partial charge is 0.269 e. The second kappa shape index (κ2) is 9.36. The molecule has 1 N–H and O–H groups in total. The molecule has 32 heavy (non-hydrogen) atoms. The van der Waals surface area contributed by atoms with Gasteiger partial charge in [-0.2, -0.15) is 5.10 Å². The van der Waals surface area contributed by atoms with E-state index in [1.807, 2.05) is 23.6 Å². The zero-order valence-electron chi connectivity index (χ0n) is 16.9. The van der Waals surface area contributed by atoms with Gasteiger partial charge in [0.2, 0.25) is 5.13 Å². The standard InChI is InChI=1S/C23H17FN4O3S/c1-31-22-11-6-17(15-2-7-19(24)8-3-15)12-18(22)13-25-27-23-26-21(14-32-23)16-4-9-20(10-5-16)28(29)30/h2-14H,1H3,(H,26,27)/b25-13+. The minimum absolute atomic E-state index is 0.0312. The van der Waals surface area contributed by atoms with E-state index in [4.69, 9.17) is 4.74 Å². The first-order valence-electron chi connectivity index (χ1n) is 9.47. The Balaban J connectivity index is 1.49. The van der Waals surface area contributed by atoms with Crippen molar-refractivity contribution in [2.24, 2.45) is 5.10 Å². The zero-order valence-corrected chi connectivity index (χ0v) is 17.7. The van der Waals surface area contributed by atoms with E-state index < -0.39 is 4.92 Å². The van der Waals surface area contributed by atoms with Crippen LogP contribution >= 0.6 is 11.3 Å². The van der Waals surface area contributed by atoms with Crippen molar-refractivity contribution in [2.45, 2.75) is 0 Å². The summed E-state index contributed by atoms with van der Waals surface area (Å²) in [5.74, 6) is 0.358. The Hall–Kier alpha value is -4.11. The molecule has 3 aromatic carbocycles. The van der Waals surface area contributed by atoms with E-state index in [-0.39, 0.29) is 11.5 Å². The third-order valence-corrected chi connectivity index (χ3v) is 5.40. The highest BCUT2D eigenvalue weighted by Crippen LogP contribution is 2.28. The summed E-state index contributed by atoms with van der Waals surface area (Å²) in [7, 11) is 1.58. The lowest BCUT2D eigenvalue weighted by atomic mass is 10.0. The molecule has 4 rings (SSSR count). The summed E-state index contributed by atoms with van der Waals surface area (Å²) in [6.07, 6.45) is 1.62. The van der Waals surface area contributed by atoms with E-state index in [1.165, 1.54) is 35.6 Å². The van der Waals surface area contributed by atoms with Crippen LogP contribution in [-0.4, -0.2) is 23.2 Å². The van der Waals surface area contributed by atoms with Gasteiger partial charge in [0.25, 0.3) is 5.69 Å². The molecule has 7 nitrogen and oxygen atoms in total. The highest BCUT2D eigenvalue weighted by molar-refractivity contribution is 7.14. The molecule has 0 fully saturated rings. The molecule has 0 aliphatic heterocycles. The fourth-order valence-corrected chi connectivity index (χ4v) is 3.69. The minimum Gasteiger partial charge on any atom is -0.496 e. The van der Waals surface area contributed by atoms with Crippen LogP contribution in [0.5, 0.6) is 5.75 Å². The SMILES string of the molecule is COc1ccc(-c2ccc(F)cc2)cc1/C=N/Nc1nc(-c2ccc([N+](=O)[O-])cc2)cs1. The highest BCUT2D eigenvalue weighted by Gasteiger charge is 2.09. The third kappa shape index (κ3) is 4.79. The first-order chi connectivity index (χ1) is 15.5. The van der Waals surface area contributed by atoms with Gasteiger partial charge in [0.05, 0.1) is 23.9 Å². The molecule has 0 bridgehead atoms. The first kappa shape index (κ1) is 21.1. The van der Waals surface area contributed by atoms with Gasteiger partial charge in [-0.15, -0.1) is 11.3 Å². The molecule has 1 heterocycles. The number of nitro benzene ring substituents is 1. The average Bonchev–Trinajstić information content (AvgIpc) is 3.28. The summed E-state index contributed by atoms with van der Waals surface area (Å²) >= 11 is 1.36. The van der Waals surface area contributed by atoms with Crippen molar-refractivity contribution in [3.63, 3.8) is 0 Å². The number of nitrogens with one attached hydrogen (secondary N) is 1. The number of ether oxygens (including phenoxy) is 1. The monoisotopic (exact) mass is 448 g/mol. The number of thiazole rings is 1. The highest BCUT2D eigenvalue weighted by atomic mass is 32.1. The number of methoxy groups -OCH3 is 1. The van der Waals surface area contributed by atoms with Gasteiger partial charge < -0.3 is 4.74 Å². The van der Waals surface area contributed by atoms with Gasteiger partial charge in [-0.1, -0.05) is 18.2 Å². The van der Waals surface area contributed by atoms with E-state index in [1.54, 1.807) is 37.6 Å². The van der Waals surface area contributed by atoms with Crippen molar-refractivity contribution < 1.29 is 14.1 Å². The molecule has 0 spiro atoms. The normalized spacial score (nSPS) is 10.9. The molecule has 0 atom stereocenters. The Morgan fingerprint density at radius 2 is 1.75 bits per heavy atom. The fourth-order valence-electron chi connectivity index (χ4n) is 3.03. The van der Waals surface area contributed by atoms with Gasteiger partial charge in [0.15, 0.2) is 0 Å². The van der Waals surface area contributed by atoms with Crippen LogP contribution in [0.1, 0.15) is 5.56 Å². The zero-order chi connectivity index (χ0) is 22.5. The van der Waals surface area contributed by atoms with Crippen LogP contribution in [0.15, 0.2) is 77.2 Å². The summed E-state index contributed by atoms with van der Waals surface area (Å²) in [5.41, 5.74) is 6.92. The molecule has 0 saturated carbocycles. The Morgan fingerprint density at radius 1 is 1.06 bits per heavy atom. The van der Waals surface area contributed by atoms with Crippen molar-refractivity contribution >= 4 is 28.4 Å². The topological polar surface area (TPSA) is 89.7 Å². The third-order valence-electron chi connectivity index (χ3n) is 4.65. The molecule has 1 aromatic heterocycles. The van der Waals surface area contributed by atoms with E-state index in [9.17, 15) is 14.5 Å². The molecule has 0 aliphatic carbocycles. The van der Waals surface area contributed by atoms with Crippen LogP contribution in [0.4, 0.5) is 15.2 Å². The van der Waals surface area contributed by atoms with Gasteiger partial charge in [0, 0.05) is 28.6 Å². The van der Waals surface area contributed by atoms with Crippen molar-refractivity contribution in [1.82, 2.24) is 4.98 Å². The lowest BCUT2D eigenvalue weighted by Crippen LogP contribution is -1.95. The molecule has 0 saturated heterocycles. The molecule has 9 heteroatoms. The van der Waals surface area contributed by atoms with E-state index in [0.29, 0.717) is 16.6 Å². The summed E-state index contributed by atoms with van der Waals surface area (Å²) < 4.78 is 18.6. The number of non-ortho nitro benzene ring substituents is 1. The van der Waals surface area contributed by atoms with Crippen LogP contribution in [0.2, 0.25) is 0 Å². The largest absolute Gasteiger partial charge is 0.496 e. The van der Waals surface area contributed by atoms with Gasteiger partial charge >= 0.3 is 0 Å². The molecule has 160 valence electrons. The second-order valence-corrected chi connectivity index (χ2v) is 7.53. The number of nitrogens with zero attached hydrogens (tertiary/aromatic N) is 3. The quantitative estimate of drug-likeness (QED) is 0.213. The number of hydrazone groups is 1. The van der Waals surface area contributed by atoms with Gasteiger partial charge in [0.1, 0.15) is 11.6 Å². The number of hydrogen-bond donors (Lipinski definition) is 1. The Morgan fingerprint density at radius 3 is 2.44 bits per heavy atom. The van der Waals surface area contributed by atoms with Crippen LogP contribution in [0, 0.1) is 15.9 Å². The predicted octanol–water partition coefficient (Wildman–Crippen LogP) is 5.98. The lowest BCUT2D eigenvalue weighted by Gasteiger charge is -2.08. The molecular formula is C23H17FN4O3S. The predicted molar refractivity (Wildman–Crippen MR) is 124 cm³/mol. The lowest BCUT2D eigenvalue weighted by molar-refractivity contribution is -0.384. The van der Waals surface area contributed by atoms with Gasteiger partial charge in [-0.3, -0.25) is 15.5 Å². The van der Waals surface area contributed by atoms with E-state index in [2.05, 4.69) is 15.5 Å². The molecule has 0 unspecified atom stereocenters. The molecule has 0 radical (unpaired) electrons. The maximum Gasteiger partial charge on any atom is 0.269 e. The average molecular weight is 448 g/mol. The van der Waals surface area contributed by atoms with Gasteiger partial charge in [-0.05, 0) is 47.5 Å². The maximum absolute atomic E-state index is 13.2. The fraction of sp³-hybridized carbons (Fsp3) is 0.0435. The number of anilines is 1. The number of nitro groups is 1. The number of hydrogen-bond acceptors (Lipinski definition) is 7. The number of rotatable bonds is 7. The summed E-state index contributed by atoms with van der Waals surface area (Å²) in [5, 5.41) is 17.5. The van der Waals surface area contributed by atoms with Crippen LogP contribution in [0.3, 0.4) is 0 Å². The van der Waals surface area contributed by atoms with Crippen molar-refractivity contribution in [3.05, 3.63) is 93.6 Å². The van der Waals surface area contributed by atoms with Crippen LogP contribution < -0.4 is 10.2 Å². The first-order valence-corrected chi connectivity index (χ1v) is 10.3. The van der Waals surface area contributed by atoms with Crippen LogP contribution in [0.25, 0.3) is 22.4 Å². The number of benzene rings is 3. The molecule has 0 amide bonds. The summed E-state index contributed by atoms with van der Waals surface area (Å²) in [6.45, 7) is 0. The molecule has 0 aliphatic rings. The second-order valence-electron chi connectivity index (χ2n) is 6.68. The van der Waals surface area contributed by atoms with Crippen molar-refractivity contribution in [3.8, 4) is 28.1 Å². The number of halogens is 1. The summed E-state index contributed by atoms with van der Waals surface area (Å²) in [4.78, 5) is 14.8. The van der Waals surface area contributed by atoms with Crippen LogP contribution in [-0.2, 0) is 0 Å². The Bertz CT molecular complexity index is 1270. The van der Waals surface area contributed by atoms with Gasteiger partial charge in [-0.25, -0.2) is 9.37 Å². The van der Waals surface area contributed by atoms with E-state index in [0.717, 1.165) is 22.3 Å². The Labute approximate surface area is 187 Å². The minimum atomic E-state index is -0.439. The number of aromatic nitrogens is 1. The van der Waals surface area contributed by atoms with E-state index >= 15 is 0 Å². The Kier molecular flexibility index (Phi) is 6.18. The van der Waals surface area contributed by atoms with Crippen molar-refractivity contribution in [2.75, 3.05) is 12.5 Å². The maximum atomic E-state index is 13.2. The van der Waals surface area contributed by atoms with Crippen molar-refractivity contribution in [1.29, 1.82) is 0 Å². The molecule has 4 aromatic rings. The molecular weight excluding hydrogens is 431 g/mol.